The highest BCUT2D eigenvalue weighted by molar-refractivity contribution is 7.92. The Hall–Kier alpha value is -3.02. The van der Waals surface area contributed by atoms with E-state index >= 15 is 0 Å². The number of morpholine rings is 1. The van der Waals surface area contributed by atoms with E-state index in [9.17, 15) is 17.6 Å². The lowest BCUT2D eigenvalue weighted by atomic mass is 10.0. The molecular weight excluding hydrogens is 487 g/mol. The molecule has 0 saturated carbocycles. The van der Waals surface area contributed by atoms with Crippen molar-refractivity contribution in [1.29, 1.82) is 0 Å². The molecule has 0 radical (unpaired) electrons. The lowest BCUT2D eigenvalue weighted by Crippen LogP contribution is -2.37. The van der Waals surface area contributed by atoms with Crippen LogP contribution in [0.2, 0.25) is 0 Å². The van der Waals surface area contributed by atoms with Crippen LogP contribution in [0.15, 0.2) is 34.7 Å². The minimum atomic E-state index is -3.64. The number of nitrogens with zero attached hydrogens (tertiary/aromatic N) is 2. The van der Waals surface area contributed by atoms with Gasteiger partial charge in [-0.1, -0.05) is 6.92 Å². The molecule has 1 fully saturated rings. The highest BCUT2D eigenvalue weighted by Crippen LogP contribution is 2.35. The second-order valence-corrected chi connectivity index (χ2v) is 10.5. The van der Waals surface area contributed by atoms with E-state index in [1.807, 2.05) is 6.92 Å². The molecule has 0 unspecified atom stereocenters. The molecule has 194 valence electrons. The fourth-order valence-corrected chi connectivity index (χ4v) is 5.39. The Morgan fingerprint density at radius 2 is 1.89 bits per heavy atom. The Bertz CT molecular complexity index is 1320. The number of hydrogen-bond acceptors (Lipinski definition) is 7. The quantitative estimate of drug-likeness (QED) is 0.396. The summed E-state index contributed by atoms with van der Waals surface area (Å²) in [5.41, 5.74) is 1.53. The normalized spacial score (nSPS) is 14.8. The van der Waals surface area contributed by atoms with E-state index in [0.29, 0.717) is 42.6 Å². The van der Waals surface area contributed by atoms with E-state index in [1.54, 1.807) is 6.07 Å². The lowest BCUT2D eigenvalue weighted by Gasteiger charge is -2.26. The van der Waals surface area contributed by atoms with Crippen molar-refractivity contribution in [2.45, 2.75) is 26.2 Å². The van der Waals surface area contributed by atoms with Crippen LogP contribution in [0.3, 0.4) is 0 Å². The van der Waals surface area contributed by atoms with E-state index in [-0.39, 0.29) is 34.5 Å². The predicted molar refractivity (Wildman–Crippen MR) is 136 cm³/mol. The molecule has 1 aliphatic heterocycles. The number of carbonyl (C=O) groups is 1. The summed E-state index contributed by atoms with van der Waals surface area (Å²) >= 11 is 0. The average molecular weight is 519 g/mol. The summed E-state index contributed by atoms with van der Waals surface area (Å²) in [7, 11) is -2.13. The fraction of sp³-hybridized carbons (Fsp3) is 0.440. The molecule has 2 N–H and O–H groups in total. The summed E-state index contributed by atoms with van der Waals surface area (Å²) < 4.78 is 53.0. The molecule has 9 nitrogen and oxygen atoms in total. The van der Waals surface area contributed by atoms with Crippen molar-refractivity contribution < 1.29 is 26.8 Å². The second kappa shape index (κ2) is 11.4. The van der Waals surface area contributed by atoms with Gasteiger partial charge in [0.2, 0.25) is 15.7 Å². The first-order valence-corrected chi connectivity index (χ1v) is 13.7. The SMILES string of the molecule is CCc1cc2c(C(=O)NC)c(-c3ccc(F)cc3)oc2nc1NS(=O)(=O)CCCCN1CCOCC1. The summed E-state index contributed by atoms with van der Waals surface area (Å²) in [6.07, 6.45) is 1.78. The highest BCUT2D eigenvalue weighted by atomic mass is 32.2. The number of anilines is 1. The maximum absolute atomic E-state index is 13.5. The number of carbonyl (C=O) groups excluding carboxylic acids is 1. The van der Waals surface area contributed by atoms with Gasteiger partial charge in [0.15, 0.2) is 0 Å². The Labute approximate surface area is 210 Å². The van der Waals surface area contributed by atoms with Crippen LogP contribution in [0.4, 0.5) is 10.2 Å². The average Bonchev–Trinajstić information content (AvgIpc) is 3.24. The zero-order valence-corrected chi connectivity index (χ0v) is 21.3. The molecule has 1 amide bonds. The Balaban J connectivity index is 1.57. The summed E-state index contributed by atoms with van der Waals surface area (Å²) in [5, 5.41) is 3.06. The summed E-state index contributed by atoms with van der Waals surface area (Å²) in [4.78, 5) is 19.4. The van der Waals surface area contributed by atoms with Crippen LogP contribution in [-0.2, 0) is 21.2 Å². The number of sulfonamides is 1. The first-order chi connectivity index (χ1) is 17.3. The maximum Gasteiger partial charge on any atom is 0.255 e. The molecule has 2 aromatic heterocycles. The van der Waals surface area contributed by atoms with Gasteiger partial charge in [0.25, 0.3) is 5.91 Å². The number of pyridine rings is 1. The van der Waals surface area contributed by atoms with E-state index in [4.69, 9.17) is 9.15 Å². The van der Waals surface area contributed by atoms with E-state index in [0.717, 1.165) is 26.1 Å². The monoisotopic (exact) mass is 518 g/mol. The Morgan fingerprint density at radius 3 is 2.56 bits per heavy atom. The van der Waals surface area contributed by atoms with E-state index < -0.39 is 15.8 Å². The molecule has 3 heterocycles. The zero-order valence-electron chi connectivity index (χ0n) is 20.5. The van der Waals surface area contributed by atoms with Gasteiger partial charge in [0.1, 0.15) is 17.4 Å². The number of ether oxygens (including phenoxy) is 1. The summed E-state index contributed by atoms with van der Waals surface area (Å²) in [6, 6.07) is 7.31. The Kier molecular flexibility index (Phi) is 8.22. The van der Waals surface area contributed by atoms with Gasteiger partial charge in [-0.2, -0.15) is 4.98 Å². The number of amides is 1. The molecular formula is C25H31FN4O5S. The Morgan fingerprint density at radius 1 is 1.17 bits per heavy atom. The molecule has 0 bridgehead atoms. The maximum atomic E-state index is 13.5. The molecule has 1 saturated heterocycles. The fourth-order valence-electron chi connectivity index (χ4n) is 4.23. The van der Waals surface area contributed by atoms with Crippen LogP contribution in [-0.4, -0.2) is 69.9 Å². The van der Waals surface area contributed by atoms with Crippen LogP contribution in [0, 0.1) is 5.82 Å². The first kappa shape index (κ1) is 26.1. The van der Waals surface area contributed by atoms with Gasteiger partial charge in [0.05, 0.1) is 29.9 Å². The molecule has 0 aliphatic carbocycles. The number of nitrogens with one attached hydrogen (secondary N) is 2. The number of hydrogen-bond donors (Lipinski definition) is 2. The first-order valence-electron chi connectivity index (χ1n) is 12.1. The highest BCUT2D eigenvalue weighted by Gasteiger charge is 2.25. The van der Waals surface area contributed by atoms with Crippen LogP contribution in [0.5, 0.6) is 0 Å². The van der Waals surface area contributed by atoms with Crippen molar-refractivity contribution in [2.75, 3.05) is 50.4 Å². The van der Waals surface area contributed by atoms with Gasteiger partial charge in [0, 0.05) is 25.7 Å². The number of furan rings is 1. The minimum absolute atomic E-state index is 0.0251. The van der Waals surface area contributed by atoms with Crippen LogP contribution >= 0.6 is 0 Å². The number of unbranched alkanes of at least 4 members (excludes halogenated alkanes) is 1. The largest absolute Gasteiger partial charge is 0.437 e. The molecule has 36 heavy (non-hydrogen) atoms. The third-order valence-corrected chi connectivity index (χ3v) is 7.53. The van der Waals surface area contributed by atoms with Crippen LogP contribution in [0.25, 0.3) is 22.4 Å². The van der Waals surface area contributed by atoms with E-state index in [1.165, 1.54) is 31.3 Å². The molecule has 0 atom stereocenters. The third-order valence-electron chi connectivity index (χ3n) is 6.20. The van der Waals surface area contributed by atoms with Crippen LogP contribution < -0.4 is 10.0 Å². The molecule has 1 aliphatic rings. The van der Waals surface area contributed by atoms with Crippen molar-refractivity contribution >= 4 is 32.8 Å². The van der Waals surface area contributed by atoms with Crippen molar-refractivity contribution in [3.63, 3.8) is 0 Å². The molecule has 1 aromatic carbocycles. The third kappa shape index (κ3) is 6.03. The molecule has 11 heteroatoms. The van der Waals surface area contributed by atoms with Gasteiger partial charge in [-0.15, -0.1) is 0 Å². The number of benzene rings is 1. The van der Waals surface area contributed by atoms with Gasteiger partial charge < -0.3 is 14.5 Å². The van der Waals surface area contributed by atoms with Gasteiger partial charge in [-0.25, -0.2) is 12.8 Å². The number of aryl methyl sites for hydroxylation is 1. The summed E-state index contributed by atoms with van der Waals surface area (Å²) in [6.45, 7) is 5.88. The van der Waals surface area contributed by atoms with Crippen molar-refractivity contribution in [3.05, 3.63) is 47.3 Å². The number of rotatable bonds is 10. The van der Waals surface area contributed by atoms with Crippen LogP contribution in [0.1, 0.15) is 35.7 Å². The topological polar surface area (TPSA) is 114 Å². The standard InChI is InChI=1S/C25H31FN4O5S/c1-3-17-16-20-21(24(31)27-2)22(18-6-8-19(26)9-7-18)35-25(20)28-23(17)29-36(32,33)15-5-4-10-30-11-13-34-14-12-30/h6-9,16H,3-5,10-15H2,1-2H3,(H,27,31)(H,28,29). The predicted octanol–water partition coefficient (Wildman–Crippen LogP) is 3.41. The molecule has 0 spiro atoms. The zero-order chi connectivity index (χ0) is 25.7. The van der Waals surface area contributed by atoms with E-state index in [2.05, 4.69) is 19.9 Å². The van der Waals surface area contributed by atoms with Crippen molar-refractivity contribution in [2.24, 2.45) is 0 Å². The molecule has 3 aromatic rings. The van der Waals surface area contributed by atoms with Gasteiger partial charge in [-0.05, 0) is 61.7 Å². The smallest absolute Gasteiger partial charge is 0.255 e. The number of fused-ring (bicyclic) bond motifs is 1. The number of aromatic nitrogens is 1. The second-order valence-electron chi connectivity index (χ2n) is 8.68. The van der Waals surface area contributed by atoms with Gasteiger partial charge >= 0.3 is 0 Å². The lowest BCUT2D eigenvalue weighted by molar-refractivity contribution is 0.0373. The number of halogens is 1. The molecule has 4 rings (SSSR count). The van der Waals surface area contributed by atoms with Gasteiger partial charge in [-0.3, -0.25) is 14.4 Å². The van der Waals surface area contributed by atoms with Crippen molar-refractivity contribution in [1.82, 2.24) is 15.2 Å². The van der Waals surface area contributed by atoms with Crippen molar-refractivity contribution in [3.8, 4) is 11.3 Å². The summed E-state index contributed by atoms with van der Waals surface area (Å²) in [5.74, 6) is -0.402. The minimum Gasteiger partial charge on any atom is -0.437 e.